The second-order valence-corrected chi connectivity index (χ2v) is 5.14. The first-order valence-electron chi connectivity index (χ1n) is 7.21. The summed E-state index contributed by atoms with van der Waals surface area (Å²) in [6.07, 6.45) is 0. The van der Waals surface area contributed by atoms with Crippen molar-refractivity contribution in [3.8, 4) is 0 Å². The number of carbonyl (C=O) groups is 2. The van der Waals surface area contributed by atoms with E-state index in [0.29, 0.717) is 22.3 Å². The summed E-state index contributed by atoms with van der Waals surface area (Å²) >= 11 is 0. The van der Waals surface area contributed by atoms with Crippen molar-refractivity contribution in [1.82, 2.24) is 9.97 Å². The second kappa shape index (κ2) is 6.33. The molecule has 3 N–H and O–H groups in total. The van der Waals surface area contributed by atoms with Crippen LogP contribution < -0.4 is 16.2 Å². The molecule has 0 saturated carbocycles. The number of aromatic nitrogens is 2. The third-order valence-electron chi connectivity index (χ3n) is 3.29. The van der Waals surface area contributed by atoms with Crippen LogP contribution in [-0.2, 0) is 4.79 Å². The number of hydrogen-bond donors (Lipinski definition) is 3. The molecule has 0 aliphatic rings. The first kappa shape index (κ1) is 15.4. The Balaban J connectivity index is 1.82. The highest BCUT2D eigenvalue weighted by Gasteiger charge is 2.11. The van der Waals surface area contributed by atoms with Gasteiger partial charge in [-0.15, -0.1) is 0 Å². The van der Waals surface area contributed by atoms with Crippen LogP contribution in [0.4, 0.5) is 11.4 Å². The van der Waals surface area contributed by atoms with Crippen LogP contribution in [0.3, 0.4) is 0 Å². The van der Waals surface area contributed by atoms with Crippen LogP contribution in [-0.4, -0.2) is 21.8 Å². The summed E-state index contributed by atoms with van der Waals surface area (Å²) in [5, 5.41) is 5.70. The summed E-state index contributed by atoms with van der Waals surface area (Å²) in [7, 11) is 0. The van der Waals surface area contributed by atoms with Crippen LogP contribution in [0.25, 0.3) is 10.9 Å². The van der Waals surface area contributed by atoms with Gasteiger partial charge in [-0.05, 0) is 36.4 Å². The minimum atomic E-state index is -0.523. The highest BCUT2D eigenvalue weighted by Crippen LogP contribution is 2.14. The summed E-state index contributed by atoms with van der Waals surface area (Å²) in [5.41, 5.74) is 1.22. The Hall–Kier alpha value is -3.48. The molecule has 0 aliphatic carbocycles. The predicted molar refractivity (Wildman–Crippen MR) is 91.1 cm³/mol. The molecule has 24 heavy (non-hydrogen) atoms. The van der Waals surface area contributed by atoms with Crippen molar-refractivity contribution in [3.63, 3.8) is 0 Å². The lowest BCUT2D eigenvalue weighted by atomic mass is 10.2. The van der Waals surface area contributed by atoms with E-state index in [-0.39, 0.29) is 17.3 Å². The number of hydrogen-bond acceptors (Lipinski definition) is 4. The van der Waals surface area contributed by atoms with Crippen LogP contribution in [0.5, 0.6) is 0 Å². The predicted octanol–water partition coefficient (Wildman–Crippen LogP) is 2.13. The minimum absolute atomic E-state index is 0.0652. The van der Waals surface area contributed by atoms with E-state index in [0.717, 1.165) is 0 Å². The molecular formula is C17H14N4O3. The second-order valence-electron chi connectivity index (χ2n) is 5.14. The van der Waals surface area contributed by atoms with Gasteiger partial charge < -0.3 is 15.6 Å². The third-order valence-corrected chi connectivity index (χ3v) is 3.29. The van der Waals surface area contributed by atoms with Crippen LogP contribution >= 0.6 is 0 Å². The van der Waals surface area contributed by atoms with E-state index in [1.807, 2.05) is 0 Å². The van der Waals surface area contributed by atoms with Gasteiger partial charge in [-0.25, -0.2) is 4.98 Å². The van der Waals surface area contributed by atoms with Gasteiger partial charge in [0.1, 0.15) is 0 Å². The maximum atomic E-state index is 12.3. The Labute approximate surface area is 136 Å². The van der Waals surface area contributed by atoms with Gasteiger partial charge in [-0.1, -0.05) is 12.1 Å². The van der Waals surface area contributed by atoms with Gasteiger partial charge in [0.05, 0.1) is 10.9 Å². The van der Waals surface area contributed by atoms with E-state index in [4.69, 9.17) is 0 Å². The fraction of sp³-hybridized carbons (Fsp3) is 0.0588. The van der Waals surface area contributed by atoms with Crippen LogP contribution in [0.2, 0.25) is 0 Å². The molecule has 0 atom stereocenters. The summed E-state index contributed by atoms with van der Waals surface area (Å²) < 4.78 is 0. The average molecular weight is 322 g/mol. The minimum Gasteiger partial charge on any atom is -0.326 e. The largest absolute Gasteiger partial charge is 0.326 e. The van der Waals surface area contributed by atoms with E-state index in [2.05, 4.69) is 20.6 Å². The number of rotatable bonds is 3. The molecule has 7 nitrogen and oxygen atoms in total. The van der Waals surface area contributed by atoms with E-state index in [1.165, 1.54) is 6.92 Å². The molecule has 1 heterocycles. The Morgan fingerprint density at radius 1 is 0.958 bits per heavy atom. The van der Waals surface area contributed by atoms with Crippen molar-refractivity contribution < 1.29 is 9.59 Å². The molecule has 0 radical (unpaired) electrons. The quantitative estimate of drug-likeness (QED) is 0.687. The Morgan fingerprint density at radius 2 is 1.58 bits per heavy atom. The topological polar surface area (TPSA) is 104 Å². The highest BCUT2D eigenvalue weighted by molar-refractivity contribution is 6.02. The van der Waals surface area contributed by atoms with Gasteiger partial charge in [-0.2, -0.15) is 0 Å². The first-order valence-corrected chi connectivity index (χ1v) is 7.21. The zero-order valence-electron chi connectivity index (χ0n) is 12.8. The standard InChI is InChI=1S/C17H14N4O3/c1-10(22)18-11-6-8-12(9-7-11)19-17(24)15-20-14-5-3-2-4-13(14)16(23)21-15/h2-9H,1H3,(H,18,22)(H,19,24)(H,20,21,23). The lowest BCUT2D eigenvalue weighted by Gasteiger charge is -2.07. The zero-order chi connectivity index (χ0) is 17.1. The normalized spacial score (nSPS) is 10.4. The molecule has 7 heteroatoms. The fourth-order valence-electron chi connectivity index (χ4n) is 2.22. The van der Waals surface area contributed by atoms with E-state index < -0.39 is 5.91 Å². The van der Waals surface area contributed by atoms with E-state index in [9.17, 15) is 14.4 Å². The van der Waals surface area contributed by atoms with Gasteiger partial charge in [0.15, 0.2) is 5.82 Å². The Bertz CT molecular complexity index is 977. The number of nitrogens with one attached hydrogen (secondary N) is 3. The molecule has 0 spiro atoms. The molecular weight excluding hydrogens is 308 g/mol. The molecule has 0 fully saturated rings. The van der Waals surface area contributed by atoms with Crippen molar-refractivity contribution in [1.29, 1.82) is 0 Å². The number of para-hydroxylation sites is 1. The molecule has 1 aromatic heterocycles. The number of H-pyrrole nitrogens is 1. The van der Waals surface area contributed by atoms with Crippen LogP contribution in [0.1, 0.15) is 17.5 Å². The Morgan fingerprint density at radius 3 is 2.25 bits per heavy atom. The molecule has 0 aliphatic heterocycles. The summed E-state index contributed by atoms with van der Waals surface area (Å²) in [5.74, 6) is -0.764. The molecule has 0 unspecified atom stereocenters. The number of fused-ring (bicyclic) bond motifs is 1. The Kier molecular flexibility index (Phi) is 4.07. The maximum absolute atomic E-state index is 12.3. The smallest absolute Gasteiger partial charge is 0.291 e. The number of amides is 2. The van der Waals surface area contributed by atoms with E-state index >= 15 is 0 Å². The summed E-state index contributed by atoms with van der Waals surface area (Å²) in [6, 6.07) is 13.4. The molecule has 0 saturated heterocycles. The van der Waals surface area contributed by atoms with Crippen LogP contribution in [0.15, 0.2) is 53.3 Å². The van der Waals surface area contributed by atoms with Gasteiger partial charge in [0, 0.05) is 18.3 Å². The summed E-state index contributed by atoms with van der Waals surface area (Å²) in [4.78, 5) is 41.9. The third kappa shape index (κ3) is 3.30. The van der Waals surface area contributed by atoms with Gasteiger partial charge in [0.25, 0.3) is 11.5 Å². The lowest BCUT2D eigenvalue weighted by molar-refractivity contribution is -0.114. The maximum Gasteiger partial charge on any atom is 0.291 e. The highest BCUT2D eigenvalue weighted by atomic mass is 16.2. The van der Waals surface area contributed by atoms with Crippen LogP contribution in [0, 0.1) is 0 Å². The number of benzene rings is 2. The zero-order valence-corrected chi connectivity index (χ0v) is 12.8. The summed E-state index contributed by atoms with van der Waals surface area (Å²) in [6.45, 7) is 1.41. The monoisotopic (exact) mass is 322 g/mol. The molecule has 2 amide bonds. The number of carbonyl (C=O) groups excluding carboxylic acids is 2. The van der Waals surface area contributed by atoms with Crippen molar-refractivity contribution >= 4 is 34.1 Å². The first-order chi connectivity index (χ1) is 11.5. The van der Waals surface area contributed by atoms with Gasteiger partial charge in [-0.3, -0.25) is 14.4 Å². The number of anilines is 2. The molecule has 2 aromatic carbocycles. The fourth-order valence-corrected chi connectivity index (χ4v) is 2.22. The van der Waals surface area contributed by atoms with Gasteiger partial charge >= 0.3 is 0 Å². The number of aromatic amines is 1. The molecule has 120 valence electrons. The molecule has 0 bridgehead atoms. The van der Waals surface area contributed by atoms with E-state index in [1.54, 1.807) is 48.5 Å². The van der Waals surface area contributed by atoms with Gasteiger partial charge in [0.2, 0.25) is 5.91 Å². The SMILES string of the molecule is CC(=O)Nc1ccc(NC(=O)c2nc3ccccc3c(=O)[nH]2)cc1. The van der Waals surface area contributed by atoms with Crippen molar-refractivity contribution in [2.75, 3.05) is 10.6 Å². The van der Waals surface area contributed by atoms with Crippen molar-refractivity contribution in [2.24, 2.45) is 0 Å². The molecule has 3 rings (SSSR count). The number of nitrogens with zero attached hydrogens (tertiary/aromatic N) is 1. The molecule has 3 aromatic rings. The average Bonchev–Trinajstić information content (AvgIpc) is 2.56. The lowest BCUT2D eigenvalue weighted by Crippen LogP contribution is -2.21. The van der Waals surface area contributed by atoms with Crippen molar-refractivity contribution in [2.45, 2.75) is 6.92 Å². The van der Waals surface area contributed by atoms with Crippen molar-refractivity contribution in [3.05, 3.63) is 64.7 Å².